The van der Waals surface area contributed by atoms with Gasteiger partial charge >= 0.3 is 0 Å². The van der Waals surface area contributed by atoms with Crippen LogP contribution in [0.1, 0.15) is 25.1 Å². The standard InChI is InChI=1S/C14H18N2/c1-11(2)10-14-8-9-15-16(14)13-6-4-12(3)5-7-13/h4-9,11H,10H2,1-3H3. The van der Waals surface area contributed by atoms with Crippen molar-refractivity contribution in [1.29, 1.82) is 0 Å². The van der Waals surface area contributed by atoms with Gasteiger partial charge in [-0.05, 0) is 37.5 Å². The molecule has 0 aliphatic rings. The average Bonchev–Trinajstić information content (AvgIpc) is 2.66. The molecule has 84 valence electrons. The Morgan fingerprint density at radius 2 is 1.81 bits per heavy atom. The summed E-state index contributed by atoms with van der Waals surface area (Å²) in [7, 11) is 0. The van der Waals surface area contributed by atoms with Crippen LogP contribution >= 0.6 is 0 Å². The van der Waals surface area contributed by atoms with Gasteiger partial charge in [-0.15, -0.1) is 0 Å². The van der Waals surface area contributed by atoms with E-state index in [9.17, 15) is 0 Å². The van der Waals surface area contributed by atoms with Gasteiger partial charge in [-0.2, -0.15) is 5.10 Å². The highest BCUT2D eigenvalue weighted by molar-refractivity contribution is 5.35. The minimum Gasteiger partial charge on any atom is -0.238 e. The summed E-state index contributed by atoms with van der Waals surface area (Å²) in [6.07, 6.45) is 2.94. The van der Waals surface area contributed by atoms with Crippen LogP contribution in [0.15, 0.2) is 36.5 Å². The molecular formula is C14H18N2. The third-order valence-corrected chi connectivity index (χ3v) is 2.62. The second kappa shape index (κ2) is 4.52. The van der Waals surface area contributed by atoms with Crippen molar-refractivity contribution in [3.05, 3.63) is 47.8 Å². The van der Waals surface area contributed by atoms with Gasteiger partial charge in [0.1, 0.15) is 0 Å². The van der Waals surface area contributed by atoms with E-state index in [0.29, 0.717) is 5.92 Å². The second-order valence-electron chi connectivity index (χ2n) is 4.67. The van der Waals surface area contributed by atoms with Crippen LogP contribution in [-0.2, 0) is 6.42 Å². The van der Waals surface area contributed by atoms with Crippen molar-refractivity contribution < 1.29 is 0 Å². The molecule has 2 heteroatoms. The first-order chi connectivity index (χ1) is 7.66. The van der Waals surface area contributed by atoms with Crippen molar-refractivity contribution in [3.63, 3.8) is 0 Å². The van der Waals surface area contributed by atoms with E-state index in [1.807, 2.05) is 10.9 Å². The zero-order valence-electron chi connectivity index (χ0n) is 10.1. The predicted octanol–water partition coefficient (Wildman–Crippen LogP) is 3.38. The summed E-state index contributed by atoms with van der Waals surface area (Å²) in [4.78, 5) is 0. The van der Waals surface area contributed by atoms with E-state index in [1.165, 1.54) is 11.3 Å². The molecule has 0 aliphatic carbocycles. The highest BCUT2D eigenvalue weighted by Gasteiger charge is 2.06. The summed E-state index contributed by atoms with van der Waals surface area (Å²) in [5.74, 6) is 0.654. The Balaban J connectivity index is 2.33. The molecule has 2 rings (SSSR count). The van der Waals surface area contributed by atoms with E-state index in [1.54, 1.807) is 0 Å². The number of hydrogen-bond donors (Lipinski definition) is 0. The smallest absolute Gasteiger partial charge is 0.0648 e. The number of aromatic nitrogens is 2. The zero-order chi connectivity index (χ0) is 11.5. The highest BCUT2D eigenvalue weighted by Crippen LogP contribution is 2.14. The minimum atomic E-state index is 0.654. The van der Waals surface area contributed by atoms with E-state index >= 15 is 0 Å². The lowest BCUT2D eigenvalue weighted by molar-refractivity contribution is 0.616. The highest BCUT2D eigenvalue weighted by atomic mass is 15.3. The van der Waals surface area contributed by atoms with Gasteiger partial charge in [-0.1, -0.05) is 31.5 Å². The fourth-order valence-electron chi connectivity index (χ4n) is 1.82. The maximum atomic E-state index is 4.39. The quantitative estimate of drug-likeness (QED) is 0.766. The van der Waals surface area contributed by atoms with Crippen LogP contribution in [-0.4, -0.2) is 9.78 Å². The van der Waals surface area contributed by atoms with Crippen molar-refractivity contribution >= 4 is 0 Å². The SMILES string of the molecule is Cc1ccc(-n2nccc2CC(C)C)cc1. The summed E-state index contributed by atoms with van der Waals surface area (Å²) in [6.45, 7) is 6.56. The third-order valence-electron chi connectivity index (χ3n) is 2.62. The van der Waals surface area contributed by atoms with E-state index < -0.39 is 0 Å². The first-order valence-corrected chi connectivity index (χ1v) is 5.77. The van der Waals surface area contributed by atoms with Crippen LogP contribution in [0.3, 0.4) is 0 Å². The van der Waals surface area contributed by atoms with Crippen LogP contribution in [0.5, 0.6) is 0 Å². The number of benzene rings is 1. The summed E-state index contributed by atoms with van der Waals surface area (Å²) in [5.41, 5.74) is 3.70. The molecule has 1 heterocycles. The van der Waals surface area contributed by atoms with Gasteiger partial charge in [0.25, 0.3) is 0 Å². The Morgan fingerprint density at radius 3 is 2.44 bits per heavy atom. The Morgan fingerprint density at radius 1 is 1.12 bits per heavy atom. The van der Waals surface area contributed by atoms with Crippen molar-refractivity contribution in [2.45, 2.75) is 27.2 Å². The monoisotopic (exact) mass is 214 g/mol. The zero-order valence-corrected chi connectivity index (χ0v) is 10.1. The molecule has 0 fully saturated rings. The summed E-state index contributed by atoms with van der Waals surface area (Å²) < 4.78 is 2.03. The first kappa shape index (κ1) is 10.9. The largest absolute Gasteiger partial charge is 0.238 e. The molecule has 1 aromatic carbocycles. The number of aryl methyl sites for hydroxylation is 1. The Kier molecular flexibility index (Phi) is 3.09. The molecular weight excluding hydrogens is 196 g/mol. The lowest BCUT2D eigenvalue weighted by atomic mass is 10.1. The summed E-state index contributed by atoms with van der Waals surface area (Å²) in [6, 6.07) is 10.6. The lowest BCUT2D eigenvalue weighted by Gasteiger charge is -2.09. The Labute approximate surface area is 96.9 Å². The van der Waals surface area contributed by atoms with E-state index in [4.69, 9.17) is 0 Å². The Hall–Kier alpha value is -1.57. The summed E-state index contributed by atoms with van der Waals surface area (Å²) in [5, 5.41) is 4.39. The fraction of sp³-hybridized carbons (Fsp3) is 0.357. The van der Waals surface area contributed by atoms with Crippen LogP contribution in [0.2, 0.25) is 0 Å². The molecule has 0 saturated heterocycles. The molecule has 0 N–H and O–H groups in total. The van der Waals surface area contributed by atoms with Gasteiger partial charge < -0.3 is 0 Å². The predicted molar refractivity (Wildman–Crippen MR) is 66.8 cm³/mol. The van der Waals surface area contributed by atoms with Gasteiger partial charge in [-0.25, -0.2) is 4.68 Å². The normalized spacial score (nSPS) is 11.0. The van der Waals surface area contributed by atoms with Crippen LogP contribution in [0.4, 0.5) is 0 Å². The van der Waals surface area contributed by atoms with Gasteiger partial charge in [0.15, 0.2) is 0 Å². The maximum absolute atomic E-state index is 4.39. The molecule has 2 nitrogen and oxygen atoms in total. The Bertz CT molecular complexity index is 452. The second-order valence-corrected chi connectivity index (χ2v) is 4.67. The van der Waals surface area contributed by atoms with Crippen molar-refractivity contribution in [1.82, 2.24) is 9.78 Å². The molecule has 1 aromatic heterocycles. The molecule has 0 radical (unpaired) electrons. The minimum absolute atomic E-state index is 0.654. The van der Waals surface area contributed by atoms with Gasteiger partial charge in [-0.3, -0.25) is 0 Å². The third kappa shape index (κ3) is 2.32. The molecule has 16 heavy (non-hydrogen) atoms. The first-order valence-electron chi connectivity index (χ1n) is 5.77. The molecule has 0 bridgehead atoms. The number of nitrogens with zero attached hydrogens (tertiary/aromatic N) is 2. The molecule has 0 atom stereocenters. The van der Waals surface area contributed by atoms with E-state index in [0.717, 1.165) is 12.1 Å². The van der Waals surface area contributed by atoms with Gasteiger partial charge in [0.2, 0.25) is 0 Å². The van der Waals surface area contributed by atoms with Crippen molar-refractivity contribution in [2.24, 2.45) is 5.92 Å². The lowest BCUT2D eigenvalue weighted by Crippen LogP contribution is -2.05. The van der Waals surface area contributed by atoms with Crippen LogP contribution < -0.4 is 0 Å². The average molecular weight is 214 g/mol. The molecule has 2 aromatic rings. The molecule has 0 amide bonds. The van der Waals surface area contributed by atoms with Crippen molar-refractivity contribution in [2.75, 3.05) is 0 Å². The number of rotatable bonds is 3. The maximum Gasteiger partial charge on any atom is 0.0648 e. The van der Waals surface area contributed by atoms with Crippen LogP contribution in [0, 0.1) is 12.8 Å². The topological polar surface area (TPSA) is 17.8 Å². The van der Waals surface area contributed by atoms with E-state index in [2.05, 4.69) is 56.2 Å². The molecule has 0 saturated carbocycles. The van der Waals surface area contributed by atoms with Crippen LogP contribution in [0.25, 0.3) is 5.69 Å². The van der Waals surface area contributed by atoms with Gasteiger partial charge in [0.05, 0.1) is 5.69 Å². The molecule has 0 unspecified atom stereocenters. The number of hydrogen-bond acceptors (Lipinski definition) is 1. The molecule has 0 aliphatic heterocycles. The van der Waals surface area contributed by atoms with Gasteiger partial charge in [0, 0.05) is 11.9 Å². The summed E-state index contributed by atoms with van der Waals surface area (Å²) >= 11 is 0. The van der Waals surface area contributed by atoms with E-state index in [-0.39, 0.29) is 0 Å². The van der Waals surface area contributed by atoms with Crippen molar-refractivity contribution in [3.8, 4) is 5.69 Å². The molecule has 0 spiro atoms. The fourth-order valence-corrected chi connectivity index (χ4v) is 1.82.